The van der Waals surface area contributed by atoms with E-state index < -0.39 is 0 Å². The molecule has 0 radical (unpaired) electrons. The topological polar surface area (TPSA) is 62.4 Å². The van der Waals surface area contributed by atoms with Crippen LogP contribution in [0.2, 0.25) is 0 Å². The number of aryl methyl sites for hydroxylation is 1. The highest BCUT2D eigenvalue weighted by molar-refractivity contribution is 5.63. The van der Waals surface area contributed by atoms with Gasteiger partial charge in [-0.1, -0.05) is 18.9 Å². The van der Waals surface area contributed by atoms with Crippen molar-refractivity contribution < 1.29 is 9.63 Å². The summed E-state index contributed by atoms with van der Waals surface area (Å²) in [6, 6.07) is 5.43. The number of nitrogens with zero attached hydrogens (tertiary/aromatic N) is 3. The second-order valence-corrected chi connectivity index (χ2v) is 5.32. The number of phenols is 1. The number of anilines is 1. The molecular formula is C15H19N3O2. The molecular weight excluding hydrogens is 254 g/mol. The lowest BCUT2D eigenvalue weighted by molar-refractivity contribution is 0.423. The van der Waals surface area contributed by atoms with E-state index in [1.807, 2.05) is 19.1 Å². The molecule has 0 spiro atoms. The van der Waals surface area contributed by atoms with Crippen LogP contribution in [0.5, 0.6) is 5.75 Å². The Labute approximate surface area is 118 Å². The number of benzene rings is 1. The molecule has 1 saturated heterocycles. The number of hydrogen-bond donors (Lipinski definition) is 1. The lowest BCUT2D eigenvalue weighted by Crippen LogP contribution is -2.24. The first-order valence-corrected chi connectivity index (χ1v) is 7.13. The number of aromatic nitrogens is 2. The number of phenolic OH excluding ortho intramolecular Hbond substituents is 1. The standard InChI is InChI=1S/C15H19N3O2/c1-11-6-7-12(13(19)10-11)14-16-15(17-20-14)18-8-4-2-3-5-9-18/h6-7,10,19H,2-5,8-9H2,1H3. The van der Waals surface area contributed by atoms with Gasteiger partial charge in [-0.15, -0.1) is 0 Å². The van der Waals surface area contributed by atoms with Gasteiger partial charge in [-0.05, 0) is 42.6 Å². The van der Waals surface area contributed by atoms with Crippen LogP contribution in [0.25, 0.3) is 11.5 Å². The van der Waals surface area contributed by atoms with E-state index in [0.717, 1.165) is 18.7 Å². The molecule has 1 fully saturated rings. The summed E-state index contributed by atoms with van der Waals surface area (Å²) in [5.74, 6) is 1.18. The molecule has 5 nitrogen and oxygen atoms in total. The first-order chi connectivity index (χ1) is 9.74. The highest BCUT2D eigenvalue weighted by Gasteiger charge is 2.18. The third-order valence-electron chi connectivity index (χ3n) is 3.69. The van der Waals surface area contributed by atoms with Gasteiger partial charge in [0.25, 0.3) is 11.8 Å². The Bertz CT molecular complexity index is 587. The molecule has 0 amide bonds. The number of hydrogen-bond acceptors (Lipinski definition) is 5. The molecule has 1 aromatic carbocycles. The fourth-order valence-corrected chi connectivity index (χ4v) is 2.55. The summed E-state index contributed by atoms with van der Waals surface area (Å²) in [6.07, 6.45) is 4.86. The maximum absolute atomic E-state index is 9.97. The Morgan fingerprint density at radius 2 is 1.90 bits per heavy atom. The van der Waals surface area contributed by atoms with Crippen LogP contribution >= 0.6 is 0 Å². The van der Waals surface area contributed by atoms with Crippen molar-refractivity contribution in [2.75, 3.05) is 18.0 Å². The van der Waals surface area contributed by atoms with Crippen LogP contribution in [0.3, 0.4) is 0 Å². The Hall–Kier alpha value is -2.04. The summed E-state index contributed by atoms with van der Waals surface area (Å²) in [6.45, 7) is 3.87. The van der Waals surface area contributed by atoms with Gasteiger partial charge in [-0.25, -0.2) is 0 Å². The van der Waals surface area contributed by atoms with Gasteiger partial charge < -0.3 is 14.5 Å². The molecule has 1 aliphatic heterocycles. The summed E-state index contributed by atoms with van der Waals surface area (Å²) >= 11 is 0. The third kappa shape index (κ3) is 2.61. The smallest absolute Gasteiger partial charge is 0.266 e. The summed E-state index contributed by atoms with van der Waals surface area (Å²) < 4.78 is 5.30. The van der Waals surface area contributed by atoms with Crippen molar-refractivity contribution in [1.29, 1.82) is 0 Å². The minimum Gasteiger partial charge on any atom is -0.507 e. The summed E-state index contributed by atoms with van der Waals surface area (Å²) in [4.78, 5) is 6.58. The predicted octanol–water partition coefficient (Wildman–Crippen LogP) is 3.13. The molecule has 1 aromatic heterocycles. The van der Waals surface area contributed by atoms with Crippen LogP contribution in [0.15, 0.2) is 22.7 Å². The largest absolute Gasteiger partial charge is 0.507 e. The zero-order valence-electron chi connectivity index (χ0n) is 11.7. The molecule has 106 valence electrons. The lowest BCUT2D eigenvalue weighted by Gasteiger charge is -2.16. The second-order valence-electron chi connectivity index (χ2n) is 5.32. The van der Waals surface area contributed by atoms with E-state index >= 15 is 0 Å². The van der Waals surface area contributed by atoms with E-state index in [9.17, 15) is 5.11 Å². The molecule has 0 unspecified atom stereocenters. The Kier molecular flexibility index (Phi) is 3.58. The maximum atomic E-state index is 9.97. The minimum absolute atomic E-state index is 0.177. The Morgan fingerprint density at radius 3 is 2.60 bits per heavy atom. The van der Waals surface area contributed by atoms with Crippen molar-refractivity contribution in [2.45, 2.75) is 32.6 Å². The van der Waals surface area contributed by atoms with Gasteiger partial charge in [0.1, 0.15) is 5.75 Å². The molecule has 0 saturated carbocycles. The first-order valence-electron chi connectivity index (χ1n) is 7.13. The van der Waals surface area contributed by atoms with E-state index in [4.69, 9.17) is 4.52 Å². The highest BCUT2D eigenvalue weighted by atomic mass is 16.5. The summed E-state index contributed by atoms with van der Waals surface area (Å²) in [5, 5.41) is 14.0. The van der Waals surface area contributed by atoms with Gasteiger partial charge >= 0.3 is 0 Å². The van der Waals surface area contributed by atoms with Crippen LogP contribution in [0.1, 0.15) is 31.2 Å². The monoisotopic (exact) mass is 273 g/mol. The molecule has 1 N–H and O–H groups in total. The SMILES string of the molecule is Cc1ccc(-c2nc(N3CCCCCC3)no2)c(O)c1. The van der Waals surface area contributed by atoms with Crippen LogP contribution < -0.4 is 4.90 Å². The average molecular weight is 273 g/mol. The predicted molar refractivity (Wildman–Crippen MR) is 76.8 cm³/mol. The van der Waals surface area contributed by atoms with Crippen LogP contribution in [-0.2, 0) is 0 Å². The van der Waals surface area contributed by atoms with Gasteiger partial charge in [0.15, 0.2) is 0 Å². The molecule has 3 rings (SSSR count). The summed E-state index contributed by atoms with van der Waals surface area (Å²) in [5.41, 5.74) is 1.59. The fourth-order valence-electron chi connectivity index (χ4n) is 2.55. The zero-order valence-corrected chi connectivity index (χ0v) is 11.7. The highest BCUT2D eigenvalue weighted by Crippen LogP contribution is 2.30. The molecule has 2 heterocycles. The minimum atomic E-state index is 0.177. The van der Waals surface area contributed by atoms with Gasteiger partial charge in [-0.2, -0.15) is 4.98 Å². The van der Waals surface area contributed by atoms with Crippen LogP contribution in [-0.4, -0.2) is 28.3 Å². The number of rotatable bonds is 2. The normalized spacial score (nSPS) is 16.1. The van der Waals surface area contributed by atoms with E-state index in [-0.39, 0.29) is 5.75 Å². The average Bonchev–Trinajstić information content (AvgIpc) is 2.74. The molecule has 5 heteroatoms. The second kappa shape index (κ2) is 5.53. The van der Waals surface area contributed by atoms with E-state index in [0.29, 0.717) is 17.4 Å². The zero-order chi connectivity index (χ0) is 13.9. The molecule has 0 bridgehead atoms. The van der Waals surface area contributed by atoms with Gasteiger partial charge in [-0.3, -0.25) is 0 Å². The quantitative estimate of drug-likeness (QED) is 0.910. The first kappa shape index (κ1) is 13.0. The van der Waals surface area contributed by atoms with E-state index in [1.54, 1.807) is 6.07 Å². The fraction of sp³-hybridized carbons (Fsp3) is 0.467. The molecule has 0 atom stereocenters. The Morgan fingerprint density at radius 1 is 1.15 bits per heavy atom. The van der Waals surface area contributed by atoms with Crippen molar-refractivity contribution in [3.63, 3.8) is 0 Å². The van der Waals surface area contributed by atoms with Gasteiger partial charge in [0.05, 0.1) is 5.56 Å². The molecule has 20 heavy (non-hydrogen) atoms. The van der Waals surface area contributed by atoms with Crippen molar-refractivity contribution in [3.8, 4) is 17.2 Å². The van der Waals surface area contributed by atoms with Crippen molar-refractivity contribution in [2.24, 2.45) is 0 Å². The van der Waals surface area contributed by atoms with Gasteiger partial charge in [0.2, 0.25) is 0 Å². The van der Waals surface area contributed by atoms with Crippen molar-refractivity contribution >= 4 is 5.95 Å². The van der Waals surface area contributed by atoms with Crippen molar-refractivity contribution in [3.05, 3.63) is 23.8 Å². The summed E-state index contributed by atoms with van der Waals surface area (Å²) in [7, 11) is 0. The maximum Gasteiger partial charge on any atom is 0.266 e. The Balaban J connectivity index is 1.85. The van der Waals surface area contributed by atoms with E-state index in [1.165, 1.54) is 25.7 Å². The van der Waals surface area contributed by atoms with Crippen molar-refractivity contribution in [1.82, 2.24) is 10.1 Å². The van der Waals surface area contributed by atoms with E-state index in [2.05, 4.69) is 15.0 Å². The lowest BCUT2D eigenvalue weighted by atomic mass is 10.1. The molecule has 2 aromatic rings. The molecule has 0 aliphatic carbocycles. The van der Waals surface area contributed by atoms with Crippen LogP contribution in [0.4, 0.5) is 5.95 Å². The third-order valence-corrected chi connectivity index (χ3v) is 3.69. The molecule has 1 aliphatic rings. The van der Waals surface area contributed by atoms with Gasteiger partial charge in [0, 0.05) is 13.1 Å². The van der Waals surface area contributed by atoms with Crippen LogP contribution in [0, 0.1) is 6.92 Å². The number of aromatic hydroxyl groups is 1.